The smallest absolute Gasteiger partial charge is 0.317 e. The average molecular weight is 294 g/mol. The predicted molar refractivity (Wildman–Crippen MR) is 85.2 cm³/mol. The first-order valence-electron chi connectivity index (χ1n) is 7.24. The van der Waals surface area contributed by atoms with E-state index in [1.807, 2.05) is 67.9 Å². The molecule has 0 radical (unpaired) electrons. The molecule has 0 aliphatic heterocycles. The first-order chi connectivity index (χ1) is 10.5. The second kappa shape index (κ2) is 5.64. The Balaban J connectivity index is 1.78. The molecule has 2 heterocycles. The highest BCUT2D eigenvalue weighted by Crippen LogP contribution is 2.21. The lowest BCUT2D eigenvalue weighted by molar-refractivity contribution is -0.133. The third-order valence-electron chi connectivity index (χ3n) is 3.83. The summed E-state index contributed by atoms with van der Waals surface area (Å²) in [4.78, 5) is 16.6. The molecule has 0 aliphatic rings. The fraction of sp³-hybridized carbons (Fsp3) is 0.222. The van der Waals surface area contributed by atoms with E-state index in [1.54, 1.807) is 0 Å². The lowest BCUT2D eigenvalue weighted by Crippen LogP contribution is -2.12. The molecule has 0 atom stereocenters. The van der Waals surface area contributed by atoms with Crippen molar-refractivity contribution in [1.29, 1.82) is 0 Å². The van der Waals surface area contributed by atoms with Gasteiger partial charge in [-0.15, -0.1) is 0 Å². The number of carbonyl (C=O) groups is 1. The van der Waals surface area contributed by atoms with Gasteiger partial charge < -0.3 is 9.14 Å². The van der Waals surface area contributed by atoms with Gasteiger partial charge in [-0.3, -0.25) is 4.79 Å². The van der Waals surface area contributed by atoms with Gasteiger partial charge in [-0.25, -0.2) is 4.98 Å². The Labute approximate surface area is 129 Å². The molecule has 112 valence electrons. The number of imidazole rings is 1. The van der Waals surface area contributed by atoms with Gasteiger partial charge in [0.25, 0.3) is 0 Å². The van der Waals surface area contributed by atoms with E-state index < -0.39 is 0 Å². The van der Waals surface area contributed by atoms with Gasteiger partial charge in [-0.05, 0) is 49.6 Å². The Morgan fingerprint density at radius 1 is 1.14 bits per heavy atom. The van der Waals surface area contributed by atoms with Crippen LogP contribution < -0.4 is 4.74 Å². The van der Waals surface area contributed by atoms with Crippen LogP contribution in [0.15, 0.2) is 42.7 Å². The minimum atomic E-state index is -0.297. The maximum Gasteiger partial charge on any atom is 0.317 e. The molecule has 0 spiro atoms. The Bertz CT molecular complexity index is 849. The van der Waals surface area contributed by atoms with E-state index >= 15 is 0 Å². The van der Waals surface area contributed by atoms with E-state index in [4.69, 9.17) is 4.74 Å². The summed E-state index contributed by atoms with van der Waals surface area (Å²) in [5.74, 6) is 0.319. The molecule has 0 saturated heterocycles. The van der Waals surface area contributed by atoms with E-state index in [9.17, 15) is 4.79 Å². The molecule has 22 heavy (non-hydrogen) atoms. The van der Waals surface area contributed by atoms with Crippen molar-refractivity contribution in [3.63, 3.8) is 0 Å². The van der Waals surface area contributed by atoms with Gasteiger partial charge in [0.05, 0.1) is 12.1 Å². The van der Waals surface area contributed by atoms with Crippen LogP contribution in [0.5, 0.6) is 5.75 Å². The molecule has 0 unspecified atom stereocenters. The molecule has 0 amide bonds. The number of esters is 1. The number of fused-ring (bicyclic) bond motifs is 1. The zero-order valence-electron chi connectivity index (χ0n) is 13.0. The molecule has 0 saturated carbocycles. The van der Waals surface area contributed by atoms with Crippen molar-refractivity contribution in [2.45, 2.75) is 27.2 Å². The third-order valence-corrected chi connectivity index (χ3v) is 3.83. The van der Waals surface area contributed by atoms with Crippen LogP contribution in [0.2, 0.25) is 0 Å². The first kappa shape index (κ1) is 14.3. The average Bonchev–Trinajstić information content (AvgIpc) is 2.88. The highest BCUT2D eigenvalue weighted by atomic mass is 16.5. The molecule has 0 N–H and O–H groups in total. The minimum Gasteiger partial charge on any atom is -0.426 e. The van der Waals surface area contributed by atoms with Crippen molar-refractivity contribution < 1.29 is 9.53 Å². The molecule has 0 fully saturated rings. The van der Waals surface area contributed by atoms with Gasteiger partial charge in [-0.1, -0.05) is 18.2 Å². The second-order valence-corrected chi connectivity index (χ2v) is 5.50. The summed E-state index contributed by atoms with van der Waals surface area (Å²) in [6.07, 6.45) is 3.95. The molecule has 0 bridgehead atoms. The summed E-state index contributed by atoms with van der Waals surface area (Å²) >= 11 is 0. The zero-order chi connectivity index (χ0) is 15.7. The number of carbonyl (C=O) groups excluding carboxylic acids is 1. The monoisotopic (exact) mass is 294 g/mol. The number of nitrogens with zero attached hydrogens (tertiary/aromatic N) is 2. The van der Waals surface area contributed by atoms with Crippen LogP contribution >= 0.6 is 0 Å². The van der Waals surface area contributed by atoms with E-state index in [2.05, 4.69) is 4.98 Å². The largest absolute Gasteiger partial charge is 0.426 e. The van der Waals surface area contributed by atoms with E-state index in [0.717, 1.165) is 22.3 Å². The van der Waals surface area contributed by atoms with Gasteiger partial charge in [0.2, 0.25) is 0 Å². The van der Waals surface area contributed by atoms with Gasteiger partial charge in [0.1, 0.15) is 11.4 Å². The zero-order valence-corrected chi connectivity index (χ0v) is 13.0. The minimum absolute atomic E-state index is 0.161. The van der Waals surface area contributed by atoms with Gasteiger partial charge in [0, 0.05) is 12.4 Å². The number of aryl methyl sites for hydroxylation is 2. The highest BCUT2D eigenvalue weighted by molar-refractivity contribution is 5.75. The molecule has 1 aromatic carbocycles. The van der Waals surface area contributed by atoms with Gasteiger partial charge >= 0.3 is 5.97 Å². The normalized spacial score (nSPS) is 10.9. The maximum absolute atomic E-state index is 12.1. The Morgan fingerprint density at radius 3 is 2.68 bits per heavy atom. The lowest BCUT2D eigenvalue weighted by Gasteiger charge is -2.08. The number of ether oxygens (including phenoxy) is 1. The van der Waals surface area contributed by atoms with E-state index in [0.29, 0.717) is 11.4 Å². The summed E-state index contributed by atoms with van der Waals surface area (Å²) in [5.41, 5.74) is 4.76. The standard InChI is InChI=1S/C18H18N2O2/c1-12-6-4-8-16(14(12)3)22-17(21)10-15-11-20-9-5-7-13(2)18(20)19-15/h4-9,11H,10H2,1-3H3. The lowest BCUT2D eigenvalue weighted by atomic mass is 10.1. The molecule has 4 heteroatoms. The summed E-state index contributed by atoms with van der Waals surface area (Å²) in [6.45, 7) is 5.95. The number of hydrogen-bond donors (Lipinski definition) is 0. The maximum atomic E-state index is 12.1. The number of hydrogen-bond acceptors (Lipinski definition) is 3. The molecular weight excluding hydrogens is 276 g/mol. The fourth-order valence-corrected chi connectivity index (χ4v) is 2.43. The third kappa shape index (κ3) is 2.72. The summed E-state index contributed by atoms with van der Waals surface area (Å²) in [6, 6.07) is 9.66. The number of benzene rings is 1. The van der Waals surface area contributed by atoms with Crippen molar-refractivity contribution in [3.8, 4) is 5.75 Å². The molecule has 4 nitrogen and oxygen atoms in total. The van der Waals surface area contributed by atoms with Crippen LogP contribution in [0, 0.1) is 20.8 Å². The number of aromatic nitrogens is 2. The summed E-state index contributed by atoms with van der Waals surface area (Å²) in [7, 11) is 0. The highest BCUT2D eigenvalue weighted by Gasteiger charge is 2.12. The predicted octanol–water partition coefficient (Wildman–Crippen LogP) is 3.41. The molecule has 2 aromatic heterocycles. The van der Waals surface area contributed by atoms with Crippen molar-refractivity contribution in [2.75, 3.05) is 0 Å². The number of pyridine rings is 1. The van der Waals surface area contributed by atoms with Crippen LogP contribution in [0.4, 0.5) is 0 Å². The van der Waals surface area contributed by atoms with Gasteiger partial charge in [0.15, 0.2) is 0 Å². The Hall–Kier alpha value is -2.62. The first-order valence-corrected chi connectivity index (χ1v) is 7.24. The Kier molecular flexibility index (Phi) is 3.67. The van der Waals surface area contributed by atoms with Gasteiger partial charge in [-0.2, -0.15) is 0 Å². The quantitative estimate of drug-likeness (QED) is 0.549. The SMILES string of the molecule is Cc1cccc(OC(=O)Cc2cn3cccc(C)c3n2)c1C. The van der Waals surface area contributed by atoms with Crippen LogP contribution in [0.25, 0.3) is 5.65 Å². The van der Waals surface area contributed by atoms with Crippen LogP contribution in [0.1, 0.15) is 22.4 Å². The molecule has 3 aromatic rings. The molecule has 0 aliphatic carbocycles. The van der Waals surface area contributed by atoms with Crippen molar-refractivity contribution in [2.24, 2.45) is 0 Å². The number of rotatable bonds is 3. The topological polar surface area (TPSA) is 43.6 Å². The van der Waals surface area contributed by atoms with E-state index in [-0.39, 0.29) is 12.4 Å². The van der Waals surface area contributed by atoms with E-state index in [1.165, 1.54) is 0 Å². The summed E-state index contributed by atoms with van der Waals surface area (Å²) < 4.78 is 7.39. The fourth-order valence-electron chi connectivity index (χ4n) is 2.43. The van der Waals surface area contributed by atoms with Crippen LogP contribution in [-0.4, -0.2) is 15.4 Å². The van der Waals surface area contributed by atoms with Crippen molar-refractivity contribution in [3.05, 3.63) is 65.1 Å². The molecular formula is C18H18N2O2. The van der Waals surface area contributed by atoms with Crippen LogP contribution in [-0.2, 0) is 11.2 Å². The van der Waals surface area contributed by atoms with Crippen molar-refractivity contribution >= 4 is 11.6 Å². The second-order valence-electron chi connectivity index (χ2n) is 5.50. The Morgan fingerprint density at radius 2 is 1.91 bits per heavy atom. The van der Waals surface area contributed by atoms with Crippen LogP contribution in [0.3, 0.4) is 0 Å². The summed E-state index contributed by atoms with van der Waals surface area (Å²) in [5, 5.41) is 0. The molecule has 3 rings (SSSR count). The van der Waals surface area contributed by atoms with Crippen molar-refractivity contribution in [1.82, 2.24) is 9.38 Å².